The van der Waals surface area contributed by atoms with Gasteiger partial charge in [-0.1, -0.05) is 41.9 Å². The Bertz CT molecular complexity index is 374. The number of urea groups is 1. The van der Waals surface area contributed by atoms with Crippen molar-refractivity contribution in [3.05, 3.63) is 34.3 Å². The van der Waals surface area contributed by atoms with Gasteiger partial charge >= 0.3 is 6.03 Å². The van der Waals surface area contributed by atoms with Gasteiger partial charge in [0.2, 0.25) is 0 Å². The van der Waals surface area contributed by atoms with Crippen LogP contribution in [0.3, 0.4) is 0 Å². The molecule has 0 unspecified atom stereocenters. The second-order valence-electron chi connectivity index (χ2n) is 4.45. The van der Waals surface area contributed by atoms with Crippen LogP contribution in [0.2, 0.25) is 0 Å². The maximum absolute atomic E-state index is 11.9. The zero-order chi connectivity index (χ0) is 13.5. The van der Waals surface area contributed by atoms with Crippen molar-refractivity contribution in [2.45, 2.75) is 39.3 Å². The van der Waals surface area contributed by atoms with Crippen LogP contribution in [-0.4, -0.2) is 24.0 Å². The van der Waals surface area contributed by atoms with Gasteiger partial charge in [0.25, 0.3) is 0 Å². The SMILES string of the molecule is CCC(CC)NC(=O)N(C)Cc1ccc(Br)cc1. The number of nitrogens with one attached hydrogen (secondary N) is 1. The lowest BCUT2D eigenvalue weighted by Gasteiger charge is -2.22. The van der Waals surface area contributed by atoms with Gasteiger partial charge in [0.1, 0.15) is 0 Å². The van der Waals surface area contributed by atoms with Gasteiger partial charge in [0.05, 0.1) is 0 Å². The fourth-order valence-electron chi connectivity index (χ4n) is 1.71. The highest BCUT2D eigenvalue weighted by molar-refractivity contribution is 9.10. The normalized spacial score (nSPS) is 10.5. The summed E-state index contributed by atoms with van der Waals surface area (Å²) in [6.45, 7) is 4.80. The number of hydrogen-bond acceptors (Lipinski definition) is 1. The Morgan fingerprint density at radius 1 is 1.28 bits per heavy atom. The average Bonchev–Trinajstić information content (AvgIpc) is 2.38. The summed E-state index contributed by atoms with van der Waals surface area (Å²) in [7, 11) is 1.82. The van der Waals surface area contributed by atoms with E-state index in [1.807, 2.05) is 31.3 Å². The van der Waals surface area contributed by atoms with Crippen LogP contribution < -0.4 is 5.32 Å². The first-order chi connectivity index (χ1) is 8.56. The molecule has 18 heavy (non-hydrogen) atoms. The van der Waals surface area contributed by atoms with Crippen molar-refractivity contribution in [1.29, 1.82) is 0 Å². The summed E-state index contributed by atoms with van der Waals surface area (Å²) < 4.78 is 1.05. The summed E-state index contributed by atoms with van der Waals surface area (Å²) in [5.74, 6) is 0. The summed E-state index contributed by atoms with van der Waals surface area (Å²) in [6, 6.07) is 8.27. The van der Waals surface area contributed by atoms with Crippen molar-refractivity contribution in [1.82, 2.24) is 10.2 Å². The number of rotatable bonds is 5. The van der Waals surface area contributed by atoms with E-state index in [2.05, 4.69) is 35.1 Å². The molecule has 4 heteroatoms. The Morgan fingerprint density at radius 3 is 2.33 bits per heavy atom. The molecule has 0 aromatic heterocycles. The Kier molecular flexibility index (Phi) is 6.19. The van der Waals surface area contributed by atoms with Crippen molar-refractivity contribution in [3.63, 3.8) is 0 Å². The highest BCUT2D eigenvalue weighted by atomic mass is 79.9. The van der Waals surface area contributed by atoms with Gasteiger partial charge < -0.3 is 10.2 Å². The zero-order valence-corrected chi connectivity index (χ0v) is 12.8. The maximum Gasteiger partial charge on any atom is 0.317 e. The third-order valence-electron chi connectivity index (χ3n) is 2.99. The molecular formula is C14H21BrN2O. The summed E-state index contributed by atoms with van der Waals surface area (Å²) >= 11 is 3.40. The molecule has 0 aliphatic heterocycles. The first-order valence-corrected chi connectivity index (χ1v) is 7.12. The van der Waals surface area contributed by atoms with E-state index < -0.39 is 0 Å². The highest BCUT2D eigenvalue weighted by Gasteiger charge is 2.12. The number of halogens is 1. The summed E-state index contributed by atoms with van der Waals surface area (Å²) in [5, 5.41) is 3.03. The zero-order valence-electron chi connectivity index (χ0n) is 11.2. The van der Waals surface area contributed by atoms with Crippen LogP contribution in [0.4, 0.5) is 4.79 Å². The van der Waals surface area contributed by atoms with Gasteiger partial charge in [-0.25, -0.2) is 4.79 Å². The molecule has 0 saturated heterocycles. The van der Waals surface area contributed by atoms with E-state index in [4.69, 9.17) is 0 Å². The molecule has 0 saturated carbocycles. The van der Waals surface area contributed by atoms with Crippen LogP contribution in [0.5, 0.6) is 0 Å². The maximum atomic E-state index is 11.9. The Labute approximate surface area is 118 Å². The standard InChI is InChI=1S/C14H21BrN2O/c1-4-13(5-2)16-14(18)17(3)10-11-6-8-12(15)9-7-11/h6-9,13H,4-5,10H2,1-3H3,(H,16,18). The van der Waals surface area contributed by atoms with E-state index in [9.17, 15) is 4.79 Å². The predicted molar refractivity (Wildman–Crippen MR) is 78.5 cm³/mol. The van der Waals surface area contributed by atoms with Crippen LogP contribution in [0.25, 0.3) is 0 Å². The number of hydrogen-bond donors (Lipinski definition) is 1. The third-order valence-corrected chi connectivity index (χ3v) is 3.52. The molecule has 0 fully saturated rings. The van der Waals surface area contributed by atoms with E-state index in [-0.39, 0.29) is 12.1 Å². The fourth-order valence-corrected chi connectivity index (χ4v) is 1.98. The van der Waals surface area contributed by atoms with Gasteiger partial charge in [0.15, 0.2) is 0 Å². The Balaban J connectivity index is 2.51. The minimum absolute atomic E-state index is 0.00776. The van der Waals surface area contributed by atoms with Crippen molar-refractivity contribution < 1.29 is 4.79 Å². The molecule has 1 aromatic carbocycles. The minimum Gasteiger partial charge on any atom is -0.335 e. The number of carbonyl (C=O) groups is 1. The van der Waals surface area contributed by atoms with Crippen molar-refractivity contribution in [2.24, 2.45) is 0 Å². The van der Waals surface area contributed by atoms with Crippen molar-refractivity contribution in [2.75, 3.05) is 7.05 Å². The Hall–Kier alpha value is -1.03. The first-order valence-electron chi connectivity index (χ1n) is 6.32. The van der Waals surface area contributed by atoms with Crippen LogP contribution in [0.15, 0.2) is 28.7 Å². The topological polar surface area (TPSA) is 32.3 Å². The number of carbonyl (C=O) groups excluding carboxylic acids is 1. The molecule has 2 amide bonds. The first kappa shape index (κ1) is 15.0. The molecule has 0 aliphatic rings. The van der Waals surface area contributed by atoms with Crippen LogP contribution in [0, 0.1) is 0 Å². The van der Waals surface area contributed by atoms with Gasteiger partial charge in [0, 0.05) is 24.1 Å². The van der Waals surface area contributed by atoms with E-state index in [1.165, 1.54) is 0 Å². The number of amides is 2. The lowest BCUT2D eigenvalue weighted by molar-refractivity contribution is 0.202. The van der Waals surface area contributed by atoms with E-state index in [0.717, 1.165) is 22.9 Å². The fraction of sp³-hybridized carbons (Fsp3) is 0.500. The van der Waals surface area contributed by atoms with Crippen LogP contribution in [0.1, 0.15) is 32.3 Å². The average molecular weight is 313 g/mol. The molecule has 0 spiro atoms. The molecule has 3 nitrogen and oxygen atoms in total. The van der Waals surface area contributed by atoms with Crippen LogP contribution in [-0.2, 0) is 6.54 Å². The molecule has 0 atom stereocenters. The van der Waals surface area contributed by atoms with Crippen LogP contribution >= 0.6 is 15.9 Å². The lowest BCUT2D eigenvalue weighted by atomic mass is 10.2. The second kappa shape index (κ2) is 7.41. The number of benzene rings is 1. The van der Waals surface area contributed by atoms with Crippen molar-refractivity contribution in [3.8, 4) is 0 Å². The molecular weight excluding hydrogens is 292 g/mol. The molecule has 1 N–H and O–H groups in total. The van der Waals surface area contributed by atoms with Crippen molar-refractivity contribution >= 4 is 22.0 Å². The molecule has 0 radical (unpaired) electrons. The summed E-state index contributed by atoms with van der Waals surface area (Å²) in [5.41, 5.74) is 1.13. The molecule has 100 valence electrons. The van der Waals surface area contributed by atoms with Gasteiger partial charge in [-0.15, -0.1) is 0 Å². The quantitative estimate of drug-likeness (QED) is 0.881. The molecule has 1 rings (SSSR count). The summed E-state index contributed by atoms with van der Waals surface area (Å²) in [4.78, 5) is 13.7. The predicted octanol–water partition coefficient (Wildman–Crippen LogP) is 3.78. The Morgan fingerprint density at radius 2 is 1.83 bits per heavy atom. The molecule has 0 heterocycles. The molecule has 1 aromatic rings. The van der Waals surface area contributed by atoms with E-state index >= 15 is 0 Å². The van der Waals surface area contributed by atoms with Gasteiger partial charge in [-0.05, 0) is 30.5 Å². The largest absolute Gasteiger partial charge is 0.335 e. The monoisotopic (exact) mass is 312 g/mol. The molecule has 0 aliphatic carbocycles. The highest BCUT2D eigenvalue weighted by Crippen LogP contribution is 2.12. The minimum atomic E-state index is -0.00776. The number of nitrogens with zero attached hydrogens (tertiary/aromatic N) is 1. The summed E-state index contributed by atoms with van der Waals surface area (Å²) in [6.07, 6.45) is 1.93. The van der Waals surface area contributed by atoms with E-state index in [0.29, 0.717) is 6.54 Å². The lowest BCUT2D eigenvalue weighted by Crippen LogP contribution is -2.42. The second-order valence-corrected chi connectivity index (χ2v) is 5.36. The molecule has 0 bridgehead atoms. The van der Waals surface area contributed by atoms with E-state index in [1.54, 1.807) is 4.90 Å². The smallest absolute Gasteiger partial charge is 0.317 e. The van der Waals surface area contributed by atoms with Gasteiger partial charge in [-0.2, -0.15) is 0 Å². The van der Waals surface area contributed by atoms with Gasteiger partial charge in [-0.3, -0.25) is 0 Å². The third kappa shape index (κ3) is 4.69.